The molecule has 88 valence electrons. The number of nitrogens with zero attached hydrogens (tertiary/aromatic N) is 1. The average Bonchev–Trinajstić information content (AvgIpc) is 2.29. The fourth-order valence-corrected chi connectivity index (χ4v) is 3.01. The van der Waals surface area contributed by atoms with Gasteiger partial charge in [0, 0.05) is 31.5 Å². The third-order valence-electron chi connectivity index (χ3n) is 2.87. The molecule has 1 aliphatic heterocycles. The second-order valence-corrected chi connectivity index (χ2v) is 6.24. The summed E-state index contributed by atoms with van der Waals surface area (Å²) in [5, 5.41) is 3.06. The highest BCUT2D eigenvalue weighted by atomic mass is 32.2. The zero-order valence-electron chi connectivity index (χ0n) is 9.31. The number of hydrogen-bond acceptors (Lipinski definition) is 4. The van der Waals surface area contributed by atoms with E-state index in [0.717, 1.165) is 11.4 Å². The van der Waals surface area contributed by atoms with Crippen LogP contribution in [-0.2, 0) is 9.84 Å². The average molecular weight is 240 g/mol. The highest BCUT2D eigenvalue weighted by molar-refractivity contribution is 7.91. The zero-order chi connectivity index (χ0) is 11.6. The summed E-state index contributed by atoms with van der Waals surface area (Å²) in [5.41, 5.74) is 2.15. The summed E-state index contributed by atoms with van der Waals surface area (Å²) in [6.45, 7) is 1.20. The first kappa shape index (κ1) is 11.3. The van der Waals surface area contributed by atoms with Crippen LogP contribution in [0.25, 0.3) is 0 Å². The van der Waals surface area contributed by atoms with Crippen LogP contribution < -0.4 is 10.2 Å². The topological polar surface area (TPSA) is 49.4 Å². The van der Waals surface area contributed by atoms with Gasteiger partial charge in [-0.3, -0.25) is 0 Å². The third-order valence-corrected chi connectivity index (χ3v) is 4.47. The predicted molar refractivity (Wildman–Crippen MR) is 66.9 cm³/mol. The van der Waals surface area contributed by atoms with Crippen LogP contribution in [0, 0.1) is 0 Å². The second-order valence-electron chi connectivity index (χ2n) is 3.94. The molecular formula is C11H16N2O2S. The first-order chi connectivity index (χ1) is 7.61. The van der Waals surface area contributed by atoms with Gasteiger partial charge in [-0.25, -0.2) is 8.42 Å². The highest BCUT2D eigenvalue weighted by Gasteiger charge is 2.21. The molecule has 0 atom stereocenters. The lowest BCUT2D eigenvalue weighted by molar-refractivity contribution is 0.587. The SMILES string of the molecule is CNc1ccc(N2CCS(=O)(=O)CC2)cc1. The van der Waals surface area contributed by atoms with Gasteiger partial charge in [-0.2, -0.15) is 0 Å². The van der Waals surface area contributed by atoms with Crippen molar-refractivity contribution in [1.82, 2.24) is 0 Å². The number of hydrogen-bond donors (Lipinski definition) is 1. The molecule has 1 heterocycles. The molecule has 0 spiro atoms. The van der Waals surface area contributed by atoms with Crippen molar-refractivity contribution in [3.8, 4) is 0 Å². The van der Waals surface area contributed by atoms with E-state index in [0.29, 0.717) is 13.1 Å². The summed E-state index contributed by atoms with van der Waals surface area (Å²) in [4.78, 5) is 2.11. The van der Waals surface area contributed by atoms with Gasteiger partial charge in [0.2, 0.25) is 0 Å². The molecule has 0 aliphatic carbocycles. The Morgan fingerprint density at radius 3 is 2.19 bits per heavy atom. The van der Waals surface area contributed by atoms with Gasteiger partial charge in [0.25, 0.3) is 0 Å². The Balaban J connectivity index is 2.08. The summed E-state index contributed by atoms with van der Waals surface area (Å²) in [6.07, 6.45) is 0. The Bertz CT molecular complexity index is 439. The molecule has 0 unspecified atom stereocenters. The highest BCUT2D eigenvalue weighted by Crippen LogP contribution is 2.19. The first-order valence-electron chi connectivity index (χ1n) is 5.34. The Morgan fingerprint density at radius 1 is 1.12 bits per heavy atom. The third kappa shape index (κ3) is 2.47. The van der Waals surface area contributed by atoms with Crippen LogP contribution in [0.5, 0.6) is 0 Å². The van der Waals surface area contributed by atoms with Gasteiger partial charge in [0.05, 0.1) is 11.5 Å². The van der Waals surface area contributed by atoms with Crippen LogP contribution in [0.2, 0.25) is 0 Å². The van der Waals surface area contributed by atoms with Gasteiger partial charge >= 0.3 is 0 Å². The molecule has 1 fully saturated rings. The molecule has 1 aromatic carbocycles. The fourth-order valence-electron chi connectivity index (χ4n) is 1.81. The van der Waals surface area contributed by atoms with Gasteiger partial charge in [0.1, 0.15) is 0 Å². The van der Waals surface area contributed by atoms with Crippen molar-refractivity contribution in [3.63, 3.8) is 0 Å². The molecule has 5 heteroatoms. The summed E-state index contributed by atoms with van der Waals surface area (Å²) in [7, 11) is -0.913. The monoisotopic (exact) mass is 240 g/mol. The second kappa shape index (κ2) is 4.33. The van der Waals surface area contributed by atoms with Crippen LogP contribution in [-0.4, -0.2) is 40.1 Å². The molecule has 1 aromatic rings. The molecule has 16 heavy (non-hydrogen) atoms. The van der Waals surface area contributed by atoms with Crippen LogP contribution in [0.4, 0.5) is 11.4 Å². The van der Waals surface area contributed by atoms with Crippen molar-refractivity contribution < 1.29 is 8.42 Å². The number of sulfone groups is 1. The van der Waals surface area contributed by atoms with Crippen molar-refractivity contribution in [3.05, 3.63) is 24.3 Å². The Kier molecular flexibility index (Phi) is 3.05. The molecule has 1 N–H and O–H groups in total. The maximum absolute atomic E-state index is 11.3. The summed E-state index contributed by atoms with van der Waals surface area (Å²) in [5.74, 6) is 0.529. The number of nitrogens with one attached hydrogen (secondary N) is 1. The smallest absolute Gasteiger partial charge is 0.153 e. The lowest BCUT2D eigenvalue weighted by atomic mass is 10.2. The standard InChI is InChI=1S/C11H16N2O2S/c1-12-10-2-4-11(5-3-10)13-6-8-16(14,15)9-7-13/h2-5,12H,6-9H2,1H3. The largest absolute Gasteiger partial charge is 0.388 e. The summed E-state index contributed by atoms with van der Waals surface area (Å²) < 4.78 is 22.6. The maximum atomic E-state index is 11.3. The minimum Gasteiger partial charge on any atom is -0.388 e. The van der Waals surface area contributed by atoms with E-state index in [1.54, 1.807) is 0 Å². The first-order valence-corrected chi connectivity index (χ1v) is 7.16. The lowest BCUT2D eigenvalue weighted by Crippen LogP contribution is -2.40. The van der Waals surface area contributed by atoms with Crippen molar-refractivity contribution in [2.45, 2.75) is 0 Å². The molecule has 0 aromatic heterocycles. The van der Waals surface area contributed by atoms with Crippen molar-refractivity contribution in [2.75, 3.05) is 41.9 Å². The van der Waals surface area contributed by atoms with E-state index in [2.05, 4.69) is 10.2 Å². The summed E-state index contributed by atoms with van der Waals surface area (Å²) >= 11 is 0. The number of rotatable bonds is 2. The Labute approximate surface area is 96.2 Å². The van der Waals surface area contributed by atoms with E-state index in [9.17, 15) is 8.42 Å². The van der Waals surface area contributed by atoms with Crippen molar-refractivity contribution in [2.24, 2.45) is 0 Å². The molecule has 0 amide bonds. The predicted octanol–water partition coefficient (Wildman–Crippen LogP) is 0.963. The minimum absolute atomic E-state index is 0.265. The Morgan fingerprint density at radius 2 is 1.69 bits per heavy atom. The van der Waals surface area contributed by atoms with Gasteiger partial charge in [-0.15, -0.1) is 0 Å². The number of benzene rings is 1. The quantitative estimate of drug-likeness (QED) is 0.836. The molecule has 4 nitrogen and oxygen atoms in total. The van der Waals surface area contributed by atoms with Crippen LogP contribution in [0.1, 0.15) is 0 Å². The van der Waals surface area contributed by atoms with Gasteiger partial charge in [0.15, 0.2) is 9.84 Å². The molecule has 0 radical (unpaired) electrons. The fraction of sp³-hybridized carbons (Fsp3) is 0.455. The number of anilines is 2. The van der Waals surface area contributed by atoms with Gasteiger partial charge in [-0.05, 0) is 24.3 Å². The van der Waals surface area contributed by atoms with Crippen LogP contribution >= 0.6 is 0 Å². The Hall–Kier alpha value is -1.23. The minimum atomic E-state index is -2.79. The molecular weight excluding hydrogens is 224 g/mol. The van der Waals surface area contributed by atoms with Gasteiger partial charge in [-0.1, -0.05) is 0 Å². The molecule has 0 bridgehead atoms. The molecule has 1 aliphatic rings. The van der Waals surface area contributed by atoms with E-state index < -0.39 is 9.84 Å². The van der Waals surface area contributed by atoms with E-state index in [1.807, 2.05) is 31.3 Å². The van der Waals surface area contributed by atoms with E-state index in [4.69, 9.17) is 0 Å². The summed E-state index contributed by atoms with van der Waals surface area (Å²) in [6, 6.07) is 8.03. The van der Waals surface area contributed by atoms with Crippen molar-refractivity contribution in [1.29, 1.82) is 0 Å². The van der Waals surface area contributed by atoms with Gasteiger partial charge < -0.3 is 10.2 Å². The van der Waals surface area contributed by atoms with E-state index in [-0.39, 0.29) is 11.5 Å². The van der Waals surface area contributed by atoms with Crippen LogP contribution in [0.15, 0.2) is 24.3 Å². The molecule has 1 saturated heterocycles. The normalized spacial score (nSPS) is 19.4. The molecule has 2 rings (SSSR count). The lowest BCUT2D eigenvalue weighted by Gasteiger charge is -2.28. The van der Waals surface area contributed by atoms with E-state index in [1.165, 1.54) is 0 Å². The molecule has 0 saturated carbocycles. The maximum Gasteiger partial charge on any atom is 0.153 e. The van der Waals surface area contributed by atoms with E-state index >= 15 is 0 Å². The zero-order valence-corrected chi connectivity index (χ0v) is 10.1. The van der Waals surface area contributed by atoms with Crippen molar-refractivity contribution >= 4 is 21.2 Å². The van der Waals surface area contributed by atoms with Crippen LogP contribution in [0.3, 0.4) is 0 Å².